The maximum absolute atomic E-state index is 5.91. The summed E-state index contributed by atoms with van der Waals surface area (Å²) in [6.07, 6.45) is 0.777. The van der Waals surface area contributed by atoms with Gasteiger partial charge < -0.3 is 10.5 Å². The molecule has 0 aliphatic carbocycles. The van der Waals surface area contributed by atoms with Crippen molar-refractivity contribution >= 4 is 22.6 Å². The number of rotatable bonds is 4. The number of nitrogens with zero attached hydrogens (tertiary/aromatic N) is 2. The number of hydrogen-bond donors (Lipinski definition) is 1. The van der Waals surface area contributed by atoms with Crippen molar-refractivity contribution in [1.29, 1.82) is 0 Å². The molecule has 2 rings (SSSR count). The Kier molecular flexibility index (Phi) is 4.23. The van der Waals surface area contributed by atoms with Crippen LogP contribution in [0, 0.1) is 10.5 Å². The zero-order chi connectivity index (χ0) is 13.1. The second kappa shape index (κ2) is 5.71. The molecule has 5 heteroatoms. The van der Waals surface area contributed by atoms with Crippen LogP contribution in [0.2, 0.25) is 0 Å². The van der Waals surface area contributed by atoms with Crippen LogP contribution in [0.5, 0.6) is 11.6 Å². The van der Waals surface area contributed by atoms with E-state index >= 15 is 0 Å². The van der Waals surface area contributed by atoms with E-state index in [1.54, 1.807) is 4.68 Å². The Bertz CT molecular complexity index is 534. The largest absolute Gasteiger partial charge is 0.439 e. The minimum atomic E-state index is 0.593. The molecule has 0 aliphatic heterocycles. The van der Waals surface area contributed by atoms with Crippen molar-refractivity contribution in [2.24, 2.45) is 12.8 Å². The fourth-order valence-electron chi connectivity index (χ4n) is 1.85. The van der Waals surface area contributed by atoms with Gasteiger partial charge in [-0.15, -0.1) is 0 Å². The molecule has 0 atom stereocenters. The lowest BCUT2D eigenvalue weighted by Crippen LogP contribution is -2.04. The summed E-state index contributed by atoms with van der Waals surface area (Å²) < 4.78 is 8.86. The Morgan fingerprint density at radius 1 is 1.33 bits per heavy atom. The summed E-state index contributed by atoms with van der Waals surface area (Å²) >= 11 is 2.27. The van der Waals surface area contributed by atoms with Crippen molar-refractivity contribution in [3.05, 3.63) is 39.1 Å². The normalized spacial score (nSPS) is 10.7. The molecule has 4 nitrogen and oxygen atoms in total. The smallest absolute Gasteiger partial charge is 0.221 e. The van der Waals surface area contributed by atoms with E-state index in [1.807, 2.05) is 38.2 Å². The Morgan fingerprint density at radius 2 is 2.00 bits per heavy atom. The van der Waals surface area contributed by atoms with Gasteiger partial charge in [0.1, 0.15) is 5.75 Å². The SMILES string of the molecule is Cc1nn(C)c(Oc2ccc(I)cc2)c1CCN. The highest BCUT2D eigenvalue weighted by atomic mass is 127. The highest BCUT2D eigenvalue weighted by molar-refractivity contribution is 14.1. The first-order valence-corrected chi connectivity index (χ1v) is 6.85. The summed E-state index contributed by atoms with van der Waals surface area (Å²) in [5.41, 5.74) is 7.68. The van der Waals surface area contributed by atoms with E-state index in [9.17, 15) is 0 Å². The molecule has 18 heavy (non-hydrogen) atoms. The number of benzene rings is 1. The summed E-state index contributed by atoms with van der Waals surface area (Å²) in [4.78, 5) is 0. The monoisotopic (exact) mass is 357 g/mol. The van der Waals surface area contributed by atoms with E-state index in [0.717, 1.165) is 29.3 Å². The summed E-state index contributed by atoms with van der Waals surface area (Å²) in [6.45, 7) is 2.57. The third-order valence-electron chi connectivity index (χ3n) is 2.71. The van der Waals surface area contributed by atoms with E-state index in [0.29, 0.717) is 6.54 Å². The Balaban J connectivity index is 2.30. The lowest BCUT2D eigenvalue weighted by atomic mass is 10.2. The van der Waals surface area contributed by atoms with Gasteiger partial charge in [0.05, 0.1) is 5.69 Å². The van der Waals surface area contributed by atoms with E-state index in [-0.39, 0.29) is 0 Å². The van der Waals surface area contributed by atoms with Crippen molar-refractivity contribution in [2.75, 3.05) is 6.54 Å². The second-order valence-corrected chi connectivity index (χ2v) is 5.33. The van der Waals surface area contributed by atoms with Crippen molar-refractivity contribution in [3.63, 3.8) is 0 Å². The number of ether oxygens (including phenoxy) is 1. The molecule has 0 fully saturated rings. The van der Waals surface area contributed by atoms with Crippen LogP contribution in [0.3, 0.4) is 0 Å². The van der Waals surface area contributed by atoms with E-state index < -0.39 is 0 Å². The average Bonchev–Trinajstić information content (AvgIpc) is 2.59. The van der Waals surface area contributed by atoms with Gasteiger partial charge in [0, 0.05) is 16.2 Å². The van der Waals surface area contributed by atoms with Gasteiger partial charge in [-0.2, -0.15) is 5.10 Å². The Hall–Kier alpha value is -1.08. The van der Waals surface area contributed by atoms with Gasteiger partial charge in [-0.1, -0.05) is 0 Å². The molecule has 0 spiro atoms. The van der Waals surface area contributed by atoms with E-state index in [1.165, 1.54) is 3.57 Å². The van der Waals surface area contributed by atoms with Gasteiger partial charge in [-0.05, 0) is 66.7 Å². The predicted molar refractivity (Wildman–Crippen MR) is 79.9 cm³/mol. The van der Waals surface area contributed by atoms with Crippen LogP contribution in [0.15, 0.2) is 24.3 Å². The van der Waals surface area contributed by atoms with Gasteiger partial charge in [0.15, 0.2) is 0 Å². The van der Waals surface area contributed by atoms with Gasteiger partial charge in [0.25, 0.3) is 0 Å². The fourth-order valence-corrected chi connectivity index (χ4v) is 2.21. The van der Waals surface area contributed by atoms with Crippen molar-refractivity contribution in [1.82, 2.24) is 9.78 Å². The first-order valence-electron chi connectivity index (χ1n) is 5.77. The molecular weight excluding hydrogens is 341 g/mol. The maximum Gasteiger partial charge on any atom is 0.221 e. The van der Waals surface area contributed by atoms with Crippen molar-refractivity contribution in [2.45, 2.75) is 13.3 Å². The first-order chi connectivity index (χ1) is 8.61. The van der Waals surface area contributed by atoms with Crippen molar-refractivity contribution in [3.8, 4) is 11.6 Å². The predicted octanol–water partition coefficient (Wildman–Crippen LogP) is 2.63. The number of hydrogen-bond acceptors (Lipinski definition) is 3. The molecular formula is C13H16IN3O. The van der Waals surface area contributed by atoms with Gasteiger partial charge in [0.2, 0.25) is 5.88 Å². The standard InChI is InChI=1S/C13H16IN3O/c1-9-12(7-8-15)13(17(2)16-9)18-11-5-3-10(14)4-6-11/h3-6H,7-8,15H2,1-2H3. The number of aryl methyl sites for hydroxylation is 2. The molecule has 2 N–H and O–H groups in total. The summed E-state index contributed by atoms with van der Waals surface area (Å²) in [6, 6.07) is 7.94. The van der Waals surface area contributed by atoms with Gasteiger partial charge in [-0.25, -0.2) is 4.68 Å². The molecule has 0 radical (unpaired) electrons. The fraction of sp³-hybridized carbons (Fsp3) is 0.308. The van der Waals surface area contributed by atoms with Crippen LogP contribution in [0.1, 0.15) is 11.3 Å². The zero-order valence-corrected chi connectivity index (χ0v) is 12.6. The molecule has 96 valence electrons. The number of aromatic nitrogens is 2. The first kappa shape index (κ1) is 13.4. The summed E-state index contributed by atoms with van der Waals surface area (Å²) in [7, 11) is 1.88. The summed E-state index contributed by atoms with van der Waals surface area (Å²) in [5, 5.41) is 4.38. The third-order valence-corrected chi connectivity index (χ3v) is 3.43. The average molecular weight is 357 g/mol. The minimum Gasteiger partial charge on any atom is -0.439 e. The van der Waals surface area contributed by atoms with E-state index in [2.05, 4.69) is 27.7 Å². The molecule has 1 heterocycles. The lowest BCUT2D eigenvalue weighted by molar-refractivity contribution is 0.426. The second-order valence-electron chi connectivity index (χ2n) is 4.09. The van der Waals surface area contributed by atoms with Crippen LogP contribution >= 0.6 is 22.6 Å². The number of halogens is 1. The molecule has 0 aliphatic rings. The molecule has 1 aromatic carbocycles. The Labute approximate surface area is 120 Å². The minimum absolute atomic E-state index is 0.593. The highest BCUT2D eigenvalue weighted by Gasteiger charge is 2.14. The zero-order valence-electron chi connectivity index (χ0n) is 10.5. The van der Waals surface area contributed by atoms with E-state index in [4.69, 9.17) is 10.5 Å². The molecule has 0 amide bonds. The lowest BCUT2D eigenvalue weighted by Gasteiger charge is -2.08. The van der Waals surface area contributed by atoms with Crippen LogP contribution in [-0.4, -0.2) is 16.3 Å². The molecule has 2 aromatic rings. The summed E-state index contributed by atoms with van der Waals surface area (Å²) in [5.74, 6) is 1.59. The highest BCUT2D eigenvalue weighted by Crippen LogP contribution is 2.27. The van der Waals surface area contributed by atoms with Crippen LogP contribution in [0.25, 0.3) is 0 Å². The molecule has 1 aromatic heterocycles. The number of nitrogens with two attached hydrogens (primary N) is 1. The van der Waals surface area contributed by atoms with Crippen LogP contribution < -0.4 is 10.5 Å². The quantitative estimate of drug-likeness (QED) is 0.856. The Morgan fingerprint density at radius 3 is 2.61 bits per heavy atom. The van der Waals surface area contributed by atoms with Crippen LogP contribution in [-0.2, 0) is 13.5 Å². The maximum atomic E-state index is 5.91. The molecule has 0 saturated carbocycles. The molecule has 0 saturated heterocycles. The topological polar surface area (TPSA) is 53.1 Å². The third kappa shape index (κ3) is 2.84. The molecule has 0 unspecified atom stereocenters. The van der Waals surface area contributed by atoms with Crippen molar-refractivity contribution < 1.29 is 4.74 Å². The van der Waals surface area contributed by atoms with Gasteiger partial charge >= 0.3 is 0 Å². The molecule has 0 bridgehead atoms. The van der Waals surface area contributed by atoms with Gasteiger partial charge in [-0.3, -0.25) is 0 Å². The van der Waals surface area contributed by atoms with Crippen LogP contribution in [0.4, 0.5) is 0 Å².